The molecule has 1 aromatic heterocycles. The first-order chi connectivity index (χ1) is 16.9. The maximum atomic E-state index is 13.7. The molecule has 0 saturated carbocycles. The normalized spacial score (nSPS) is 14.8. The molecule has 1 atom stereocenters. The molecular weight excluding hydrogens is 462 g/mol. The number of aromatic nitrogens is 1. The fraction of sp³-hybridized carbons (Fsp3) is 0.296. The molecule has 0 spiro atoms. The van der Waals surface area contributed by atoms with Crippen molar-refractivity contribution in [3.63, 3.8) is 0 Å². The van der Waals surface area contributed by atoms with E-state index in [1.807, 2.05) is 50.4 Å². The van der Waals surface area contributed by atoms with E-state index in [1.54, 1.807) is 41.6 Å². The summed E-state index contributed by atoms with van der Waals surface area (Å²) in [5, 5.41) is 6.28. The molecule has 3 amide bonds. The molecule has 7 nitrogen and oxygen atoms in total. The van der Waals surface area contributed by atoms with E-state index in [2.05, 4.69) is 20.5 Å². The van der Waals surface area contributed by atoms with Gasteiger partial charge in [-0.15, -0.1) is 0 Å². The molecule has 0 bridgehead atoms. The van der Waals surface area contributed by atoms with Gasteiger partial charge in [-0.3, -0.25) is 9.78 Å². The Kier molecular flexibility index (Phi) is 7.87. The number of urea groups is 1. The van der Waals surface area contributed by atoms with Crippen molar-refractivity contribution in [3.8, 4) is 0 Å². The summed E-state index contributed by atoms with van der Waals surface area (Å²) >= 11 is 5.94. The minimum Gasteiger partial charge on any atom is -0.371 e. The average Bonchev–Trinajstić information content (AvgIpc) is 2.89. The second kappa shape index (κ2) is 11.2. The lowest BCUT2D eigenvalue weighted by molar-refractivity contribution is -0.134. The third kappa shape index (κ3) is 6.11. The van der Waals surface area contributed by atoms with E-state index in [9.17, 15) is 9.59 Å². The van der Waals surface area contributed by atoms with Crippen LogP contribution in [0.5, 0.6) is 0 Å². The molecule has 1 saturated heterocycles. The number of benzene rings is 2. The van der Waals surface area contributed by atoms with Crippen LogP contribution in [0.15, 0.2) is 73.1 Å². The summed E-state index contributed by atoms with van der Waals surface area (Å²) in [6.45, 7) is 3.65. The number of carbonyl (C=O) groups is 2. The van der Waals surface area contributed by atoms with Gasteiger partial charge in [-0.05, 0) is 67.3 Å². The van der Waals surface area contributed by atoms with Crippen LogP contribution < -0.4 is 15.5 Å². The molecule has 4 rings (SSSR count). The molecule has 182 valence electrons. The zero-order valence-corrected chi connectivity index (χ0v) is 20.7. The topological polar surface area (TPSA) is 77.6 Å². The minimum absolute atomic E-state index is 0.0910. The van der Waals surface area contributed by atoms with Crippen LogP contribution in [-0.2, 0) is 4.79 Å². The number of rotatable bonds is 6. The van der Waals surface area contributed by atoms with Crippen LogP contribution >= 0.6 is 11.6 Å². The number of likely N-dealkylation sites (N-methyl/N-ethyl adjacent to an activating group) is 1. The summed E-state index contributed by atoms with van der Waals surface area (Å²) < 4.78 is 0. The van der Waals surface area contributed by atoms with Crippen LogP contribution in [0.25, 0.3) is 0 Å². The summed E-state index contributed by atoms with van der Waals surface area (Å²) in [4.78, 5) is 34.8. The molecule has 0 radical (unpaired) electrons. The van der Waals surface area contributed by atoms with E-state index in [-0.39, 0.29) is 11.9 Å². The van der Waals surface area contributed by atoms with Crippen molar-refractivity contribution in [3.05, 3.63) is 89.2 Å². The highest BCUT2D eigenvalue weighted by molar-refractivity contribution is 6.30. The first kappa shape index (κ1) is 24.5. The maximum absolute atomic E-state index is 13.7. The van der Waals surface area contributed by atoms with Crippen LogP contribution in [0.2, 0.25) is 5.02 Å². The molecular formula is C27H30ClN5O2. The number of anilines is 2. The fourth-order valence-electron chi connectivity index (χ4n) is 4.46. The van der Waals surface area contributed by atoms with Crippen molar-refractivity contribution >= 4 is 34.9 Å². The molecule has 2 aromatic carbocycles. The summed E-state index contributed by atoms with van der Waals surface area (Å²) in [5.74, 6) is -0.132. The van der Waals surface area contributed by atoms with E-state index in [0.29, 0.717) is 10.7 Å². The van der Waals surface area contributed by atoms with Crippen molar-refractivity contribution in [2.24, 2.45) is 0 Å². The maximum Gasteiger partial charge on any atom is 0.320 e. The molecule has 2 heterocycles. The second-order valence-electron chi connectivity index (χ2n) is 8.77. The van der Waals surface area contributed by atoms with Crippen LogP contribution in [0.4, 0.5) is 16.2 Å². The predicted octanol–water partition coefficient (Wildman–Crippen LogP) is 5.03. The monoisotopic (exact) mass is 491 g/mol. The van der Waals surface area contributed by atoms with Gasteiger partial charge in [0.05, 0.1) is 0 Å². The number of nitrogens with zero attached hydrogens (tertiary/aromatic N) is 3. The quantitative estimate of drug-likeness (QED) is 0.506. The summed E-state index contributed by atoms with van der Waals surface area (Å²) in [7, 11) is 1.83. The van der Waals surface area contributed by atoms with Gasteiger partial charge in [0.25, 0.3) is 0 Å². The minimum atomic E-state index is -0.799. The highest BCUT2D eigenvalue weighted by atomic mass is 35.5. The van der Waals surface area contributed by atoms with Gasteiger partial charge < -0.3 is 20.4 Å². The van der Waals surface area contributed by atoms with Crippen molar-refractivity contribution < 1.29 is 9.59 Å². The SMILES string of the molecule is Cc1ccccc1C(NC(=O)Nc1ccc(Cl)cc1)C(=O)N(C)C1CCN(c2ccncc2)CC1. The average molecular weight is 492 g/mol. The zero-order valence-electron chi connectivity index (χ0n) is 19.9. The van der Waals surface area contributed by atoms with Gasteiger partial charge in [0.2, 0.25) is 5.91 Å². The Morgan fingerprint density at radius 2 is 1.69 bits per heavy atom. The van der Waals surface area contributed by atoms with Gasteiger partial charge in [-0.1, -0.05) is 35.9 Å². The van der Waals surface area contributed by atoms with E-state index >= 15 is 0 Å². The number of hydrogen-bond acceptors (Lipinski definition) is 4. The molecule has 2 N–H and O–H groups in total. The third-order valence-corrected chi connectivity index (χ3v) is 6.76. The van der Waals surface area contributed by atoms with Crippen molar-refractivity contribution in [2.45, 2.75) is 31.8 Å². The Morgan fingerprint density at radius 1 is 1.03 bits per heavy atom. The molecule has 1 fully saturated rings. The summed E-state index contributed by atoms with van der Waals surface area (Å²) in [6.07, 6.45) is 5.29. The number of amides is 3. The number of piperidine rings is 1. The summed E-state index contributed by atoms with van der Waals surface area (Å²) in [6, 6.07) is 17.3. The van der Waals surface area contributed by atoms with Crippen molar-refractivity contribution in [1.29, 1.82) is 0 Å². The third-order valence-electron chi connectivity index (χ3n) is 6.51. The van der Waals surface area contributed by atoms with Gasteiger partial charge in [-0.25, -0.2) is 4.79 Å². The number of nitrogens with one attached hydrogen (secondary N) is 2. The first-order valence-electron chi connectivity index (χ1n) is 11.7. The number of pyridine rings is 1. The fourth-order valence-corrected chi connectivity index (χ4v) is 4.59. The van der Waals surface area contributed by atoms with Gasteiger partial charge in [0.15, 0.2) is 0 Å². The highest BCUT2D eigenvalue weighted by Gasteiger charge is 2.32. The molecule has 8 heteroatoms. The highest BCUT2D eigenvalue weighted by Crippen LogP contribution is 2.25. The van der Waals surface area contributed by atoms with E-state index in [4.69, 9.17) is 11.6 Å². The molecule has 1 aliphatic heterocycles. The van der Waals surface area contributed by atoms with Crippen LogP contribution in [0.3, 0.4) is 0 Å². The van der Waals surface area contributed by atoms with Crippen LogP contribution in [-0.4, -0.2) is 48.0 Å². The lowest BCUT2D eigenvalue weighted by Gasteiger charge is -2.39. The Hall–Kier alpha value is -3.58. The van der Waals surface area contributed by atoms with Gasteiger partial charge in [-0.2, -0.15) is 0 Å². The van der Waals surface area contributed by atoms with Crippen molar-refractivity contribution in [2.75, 3.05) is 30.4 Å². The van der Waals surface area contributed by atoms with Gasteiger partial charge in [0, 0.05) is 55.0 Å². The predicted molar refractivity (Wildman–Crippen MR) is 140 cm³/mol. The summed E-state index contributed by atoms with van der Waals surface area (Å²) in [5.41, 5.74) is 3.47. The second-order valence-corrected chi connectivity index (χ2v) is 9.20. The zero-order chi connectivity index (χ0) is 24.8. The molecule has 1 unspecified atom stereocenters. The number of hydrogen-bond donors (Lipinski definition) is 2. The van der Waals surface area contributed by atoms with Gasteiger partial charge in [0.1, 0.15) is 6.04 Å². The molecule has 3 aromatic rings. The van der Waals surface area contributed by atoms with Crippen LogP contribution in [0.1, 0.15) is 30.0 Å². The van der Waals surface area contributed by atoms with Crippen LogP contribution in [0, 0.1) is 6.92 Å². The Balaban J connectivity index is 1.46. The lowest BCUT2D eigenvalue weighted by atomic mass is 9.97. The van der Waals surface area contributed by atoms with Crippen molar-refractivity contribution in [1.82, 2.24) is 15.2 Å². The Bertz CT molecular complexity index is 1150. The van der Waals surface area contributed by atoms with E-state index < -0.39 is 12.1 Å². The Labute approximate surface area is 211 Å². The molecule has 35 heavy (non-hydrogen) atoms. The number of carbonyl (C=O) groups excluding carboxylic acids is 2. The number of aryl methyl sites for hydroxylation is 1. The van der Waals surface area contributed by atoms with E-state index in [1.165, 1.54) is 0 Å². The lowest BCUT2D eigenvalue weighted by Crippen LogP contribution is -2.50. The molecule has 1 aliphatic rings. The first-order valence-corrected chi connectivity index (χ1v) is 12.1. The Morgan fingerprint density at radius 3 is 2.34 bits per heavy atom. The molecule has 0 aliphatic carbocycles. The smallest absolute Gasteiger partial charge is 0.320 e. The van der Waals surface area contributed by atoms with Gasteiger partial charge >= 0.3 is 6.03 Å². The largest absolute Gasteiger partial charge is 0.371 e. The van der Waals surface area contributed by atoms with E-state index in [0.717, 1.165) is 42.7 Å². The number of halogens is 1. The standard InChI is InChI=1S/C27H30ClN5O2/c1-19-5-3-4-6-24(19)25(31-27(35)30-21-9-7-20(28)8-10-21)26(34)32(2)22-13-17-33(18-14-22)23-11-15-29-16-12-23/h3-12,15-16,22,25H,13-14,17-18H2,1-2H3,(H2,30,31,35).